The van der Waals surface area contributed by atoms with Gasteiger partial charge in [0.1, 0.15) is 0 Å². The summed E-state index contributed by atoms with van der Waals surface area (Å²) in [5.41, 5.74) is 0.345. The minimum Gasteiger partial charge on any atom is -0.493 e. The molecule has 1 aromatic rings. The SMILES string of the molecule is COc1cc([N+](=O)[O-])c(C(C)(C)C)cc1OC. The third-order valence-electron chi connectivity index (χ3n) is 2.51. The van der Waals surface area contributed by atoms with Gasteiger partial charge in [-0.25, -0.2) is 0 Å². The van der Waals surface area contributed by atoms with E-state index in [2.05, 4.69) is 0 Å². The van der Waals surface area contributed by atoms with Crippen molar-refractivity contribution in [2.45, 2.75) is 26.2 Å². The van der Waals surface area contributed by atoms with Crippen LogP contribution in [0.1, 0.15) is 26.3 Å². The Kier molecular flexibility index (Phi) is 3.60. The van der Waals surface area contributed by atoms with Gasteiger partial charge in [-0.2, -0.15) is 0 Å². The topological polar surface area (TPSA) is 61.6 Å². The minimum absolute atomic E-state index is 0.0511. The molecule has 5 nitrogen and oxygen atoms in total. The zero-order valence-electron chi connectivity index (χ0n) is 10.7. The van der Waals surface area contributed by atoms with Gasteiger partial charge in [0.05, 0.1) is 25.2 Å². The third-order valence-corrected chi connectivity index (χ3v) is 2.51. The van der Waals surface area contributed by atoms with Gasteiger partial charge in [-0.3, -0.25) is 10.1 Å². The Morgan fingerprint density at radius 1 is 1.12 bits per heavy atom. The van der Waals surface area contributed by atoms with E-state index in [-0.39, 0.29) is 11.1 Å². The second-order valence-corrected chi connectivity index (χ2v) is 4.73. The summed E-state index contributed by atoms with van der Waals surface area (Å²) in [4.78, 5) is 10.6. The molecule has 1 rings (SSSR count). The first kappa shape index (κ1) is 13.3. The van der Waals surface area contributed by atoms with Gasteiger partial charge >= 0.3 is 0 Å². The lowest BCUT2D eigenvalue weighted by atomic mass is 9.85. The first-order valence-electron chi connectivity index (χ1n) is 5.22. The van der Waals surface area contributed by atoms with Crippen molar-refractivity contribution in [2.24, 2.45) is 0 Å². The average molecular weight is 239 g/mol. The number of ether oxygens (including phenoxy) is 2. The van der Waals surface area contributed by atoms with Crippen molar-refractivity contribution in [1.82, 2.24) is 0 Å². The molecule has 1 aromatic carbocycles. The number of rotatable bonds is 3. The molecule has 94 valence electrons. The van der Waals surface area contributed by atoms with Crippen LogP contribution in [0, 0.1) is 10.1 Å². The number of nitro benzene ring substituents is 1. The first-order chi connectivity index (χ1) is 7.81. The second kappa shape index (κ2) is 4.61. The molecule has 0 aliphatic heterocycles. The number of nitrogens with zero attached hydrogens (tertiary/aromatic N) is 1. The number of nitro groups is 1. The molecule has 0 N–H and O–H groups in total. The monoisotopic (exact) mass is 239 g/mol. The van der Waals surface area contributed by atoms with E-state index in [1.807, 2.05) is 20.8 Å². The van der Waals surface area contributed by atoms with Crippen LogP contribution in [0.25, 0.3) is 0 Å². The number of hydrogen-bond acceptors (Lipinski definition) is 4. The summed E-state index contributed by atoms with van der Waals surface area (Å²) >= 11 is 0. The summed E-state index contributed by atoms with van der Waals surface area (Å²) in [6.45, 7) is 5.75. The number of methoxy groups -OCH3 is 2. The quantitative estimate of drug-likeness (QED) is 0.601. The van der Waals surface area contributed by atoms with Crippen LogP contribution in [0.5, 0.6) is 11.5 Å². The predicted octanol–water partition coefficient (Wildman–Crippen LogP) is 2.91. The van der Waals surface area contributed by atoms with Crippen LogP contribution in [-0.4, -0.2) is 19.1 Å². The summed E-state index contributed by atoms with van der Waals surface area (Å²) in [6, 6.07) is 3.07. The number of benzene rings is 1. The Morgan fingerprint density at radius 3 is 1.94 bits per heavy atom. The van der Waals surface area contributed by atoms with Crippen LogP contribution in [0.15, 0.2) is 12.1 Å². The Hall–Kier alpha value is -1.78. The zero-order chi connectivity index (χ0) is 13.2. The Bertz CT molecular complexity index is 435. The molecule has 0 atom stereocenters. The van der Waals surface area contributed by atoms with Crippen molar-refractivity contribution in [3.8, 4) is 11.5 Å². The van der Waals surface area contributed by atoms with Crippen molar-refractivity contribution >= 4 is 5.69 Å². The molecule has 0 bridgehead atoms. The Balaban J connectivity index is 3.52. The molecule has 0 aliphatic rings. The Morgan fingerprint density at radius 2 is 1.59 bits per heavy atom. The highest BCUT2D eigenvalue weighted by molar-refractivity contribution is 5.56. The molecule has 0 amide bonds. The van der Waals surface area contributed by atoms with E-state index < -0.39 is 4.92 Å². The van der Waals surface area contributed by atoms with Crippen LogP contribution in [-0.2, 0) is 5.41 Å². The van der Waals surface area contributed by atoms with Gasteiger partial charge in [0, 0.05) is 5.56 Å². The van der Waals surface area contributed by atoms with E-state index in [9.17, 15) is 10.1 Å². The largest absolute Gasteiger partial charge is 0.493 e. The molecule has 0 heterocycles. The molecule has 0 saturated heterocycles. The van der Waals surface area contributed by atoms with Crippen molar-refractivity contribution in [3.63, 3.8) is 0 Å². The molecule has 0 aliphatic carbocycles. The van der Waals surface area contributed by atoms with Crippen LogP contribution in [0.3, 0.4) is 0 Å². The molecule has 0 fully saturated rings. The number of hydrogen-bond donors (Lipinski definition) is 0. The molecule has 0 radical (unpaired) electrons. The zero-order valence-corrected chi connectivity index (χ0v) is 10.7. The van der Waals surface area contributed by atoms with Crippen LogP contribution < -0.4 is 9.47 Å². The molecule has 0 saturated carbocycles. The lowest BCUT2D eigenvalue weighted by Crippen LogP contribution is -2.14. The van der Waals surface area contributed by atoms with Gasteiger partial charge in [0.2, 0.25) is 0 Å². The van der Waals surface area contributed by atoms with Crippen LogP contribution >= 0.6 is 0 Å². The summed E-state index contributed by atoms with van der Waals surface area (Å²) in [6.07, 6.45) is 0. The molecule has 0 aromatic heterocycles. The van der Waals surface area contributed by atoms with Gasteiger partial charge in [-0.05, 0) is 11.5 Å². The van der Waals surface area contributed by atoms with Crippen molar-refractivity contribution < 1.29 is 14.4 Å². The molecule has 17 heavy (non-hydrogen) atoms. The fourth-order valence-corrected chi connectivity index (χ4v) is 1.62. The van der Waals surface area contributed by atoms with Gasteiger partial charge in [0.15, 0.2) is 11.5 Å². The van der Waals surface area contributed by atoms with Crippen molar-refractivity contribution in [1.29, 1.82) is 0 Å². The second-order valence-electron chi connectivity index (χ2n) is 4.73. The maximum absolute atomic E-state index is 11.0. The first-order valence-corrected chi connectivity index (χ1v) is 5.22. The van der Waals surface area contributed by atoms with Crippen LogP contribution in [0.2, 0.25) is 0 Å². The highest BCUT2D eigenvalue weighted by Gasteiger charge is 2.27. The highest BCUT2D eigenvalue weighted by Crippen LogP contribution is 2.39. The van der Waals surface area contributed by atoms with E-state index in [1.165, 1.54) is 20.3 Å². The van der Waals surface area contributed by atoms with Gasteiger partial charge in [-0.1, -0.05) is 20.8 Å². The molecule has 0 unspecified atom stereocenters. The van der Waals surface area contributed by atoms with E-state index >= 15 is 0 Å². The molecule has 5 heteroatoms. The summed E-state index contributed by atoms with van der Waals surface area (Å²) in [7, 11) is 2.97. The van der Waals surface area contributed by atoms with E-state index in [4.69, 9.17) is 9.47 Å². The lowest BCUT2D eigenvalue weighted by molar-refractivity contribution is -0.386. The van der Waals surface area contributed by atoms with E-state index in [1.54, 1.807) is 6.07 Å². The summed E-state index contributed by atoms with van der Waals surface area (Å²) in [5, 5.41) is 11.0. The van der Waals surface area contributed by atoms with Crippen molar-refractivity contribution in [2.75, 3.05) is 14.2 Å². The molecule has 0 spiro atoms. The molecular weight excluding hydrogens is 222 g/mol. The summed E-state index contributed by atoms with van der Waals surface area (Å²) in [5.74, 6) is 0.871. The fraction of sp³-hybridized carbons (Fsp3) is 0.500. The third kappa shape index (κ3) is 2.67. The van der Waals surface area contributed by atoms with E-state index in [0.717, 1.165) is 0 Å². The van der Waals surface area contributed by atoms with Crippen molar-refractivity contribution in [3.05, 3.63) is 27.8 Å². The normalized spacial score (nSPS) is 11.1. The fourth-order valence-electron chi connectivity index (χ4n) is 1.62. The maximum atomic E-state index is 11.0. The minimum atomic E-state index is -0.400. The molecular formula is C12H17NO4. The maximum Gasteiger partial charge on any atom is 0.277 e. The van der Waals surface area contributed by atoms with Gasteiger partial charge < -0.3 is 9.47 Å². The average Bonchev–Trinajstić information content (AvgIpc) is 2.25. The van der Waals surface area contributed by atoms with Crippen LogP contribution in [0.4, 0.5) is 5.69 Å². The lowest BCUT2D eigenvalue weighted by Gasteiger charge is -2.20. The highest BCUT2D eigenvalue weighted by atomic mass is 16.6. The summed E-state index contributed by atoms with van der Waals surface area (Å²) < 4.78 is 10.2. The van der Waals surface area contributed by atoms with Gasteiger partial charge in [0.25, 0.3) is 5.69 Å². The van der Waals surface area contributed by atoms with Gasteiger partial charge in [-0.15, -0.1) is 0 Å². The predicted molar refractivity (Wildman–Crippen MR) is 64.9 cm³/mol. The Labute approximate surface area is 101 Å². The smallest absolute Gasteiger partial charge is 0.277 e. The van der Waals surface area contributed by atoms with E-state index in [0.29, 0.717) is 17.1 Å². The standard InChI is InChI=1S/C12H17NO4/c1-12(2,3)8-6-10(16-4)11(17-5)7-9(8)13(14)15/h6-7H,1-5H3.